The van der Waals surface area contributed by atoms with E-state index in [9.17, 15) is 34.5 Å². The van der Waals surface area contributed by atoms with E-state index in [4.69, 9.17) is 21.8 Å². The summed E-state index contributed by atoms with van der Waals surface area (Å²) in [4.78, 5) is 52.5. The smallest absolute Gasteiger partial charge is 0.354 e. The molecule has 0 unspecified atom stereocenters. The van der Waals surface area contributed by atoms with Crippen molar-refractivity contribution in [1.82, 2.24) is 4.98 Å². The van der Waals surface area contributed by atoms with Crippen molar-refractivity contribution >= 4 is 74.4 Å². The fourth-order valence-electron chi connectivity index (χ4n) is 5.16. The van der Waals surface area contributed by atoms with Crippen LogP contribution in [0.4, 0.5) is 11.4 Å². The lowest BCUT2D eigenvalue weighted by Crippen LogP contribution is -2.09. The maximum Gasteiger partial charge on any atom is 0.354 e. The van der Waals surface area contributed by atoms with Gasteiger partial charge in [-0.2, -0.15) is 0 Å². The summed E-state index contributed by atoms with van der Waals surface area (Å²) in [7, 11) is 0. The van der Waals surface area contributed by atoms with Gasteiger partial charge < -0.3 is 30.8 Å². The minimum absolute atomic E-state index is 0.0501. The number of halogens is 2. The van der Waals surface area contributed by atoms with Gasteiger partial charge in [-0.1, -0.05) is 29.8 Å². The Hall–Kier alpha value is -5.65. The minimum Gasteiger partial charge on any atom is -0.478 e. The SMILES string of the molecule is CCl.Nc1ccc2c(-c3cc(C(=O)O)ccc3C(=O)O)c3cc(Cl)c(=O)cc-3oc2c1CNc1cccc2ccc(C(=O)O)nc12. The standard InChI is InChI=1S/C32H20ClN3O8.CH3Cl/c33-21-11-19-26(12-25(21)37)44-29-17(27(19)18-10-15(30(38)39)4-6-16(18)31(40)41)7-8-22(34)20(29)13-35-23-3-1-2-14-5-9-24(32(42)43)36-28(14)23;1-2/h1-12,35H,13,34H2,(H,38,39)(H,40,41)(H,42,43);1H3. The predicted molar refractivity (Wildman–Crippen MR) is 176 cm³/mol. The Bertz CT molecular complexity index is 2230. The van der Waals surface area contributed by atoms with Gasteiger partial charge in [0.15, 0.2) is 0 Å². The van der Waals surface area contributed by atoms with E-state index in [1.165, 1.54) is 42.8 Å². The summed E-state index contributed by atoms with van der Waals surface area (Å²) in [5.41, 5.74) is 7.91. The highest BCUT2D eigenvalue weighted by Crippen LogP contribution is 2.44. The number of benzene rings is 4. The Morgan fingerprint density at radius 1 is 0.891 bits per heavy atom. The molecule has 0 saturated heterocycles. The van der Waals surface area contributed by atoms with Crippen molar-refractivity contribution in [2.45, 2.75) is 6.54 Å². The first-order valence-electron chi connectivity index (χ1n) is 13.4. The molecule has 46 heavy (non-hydrogen) atoms. The first kappa shape index (κ1) is 31.8. The maximum atomic E-state index is 12.5. The van der Waals surface area contributed by atoms with Crippen LogP contribution in [-0.2, 0) is 6.54 Å². The predicted octanol–water partition coefficient (Wildman–Crippen LogP) is 6.91. The number of hydrogen-bond acceptors (Lipinski definition) is 8. The van der Waals surface area contributed by atoms with Gasteiger partial charge in [-0.05, 0) is 54.1 Å². The quantitative estimate of drug-likeness (QED) is 0.0679. The number of fused-ring (bicyclic) bond motifs is 3. The van der Waals surface area contributed by atoms with E-state index in [-0.39, 0.29) is 56.4 Å². The number of nitrogen functional groups attached to an aromatic ring is 1. The van der Waals surface area contributed by atoms with Gasteiger partial charge in [0.25, 0.3) is 0 Å². The van der Waals surface area contributed by atoms with Crippen LogP contribution in [0.15, 0.2) is 82.0 Å². The number of anilines is 2. The van der Waals surface area contributed by atoms with Crippen LogP contribution in [0.1, 0.15) is 36.8 Å². The fourth-order valence-corrected chi connectivity index (χ4v) is 5.33. The molecule has 1 aliphatic heterocycles. The number of alkyl halides is 1. The first-order chi connectivity index (χ1) is 22.0. The number of nitrogens with zero attached hydrogens (tertiary/aromatic N) is 1. The van der Waals surface area contributed by atoms with Crippen LogP contribution >= 0.6 is 23.2 Å². The fraction of sp³-hybridized carbons (Fsp3) is 0.0606. The van der Waals surface area contributed by atoms with Crippen molar-refractivity contribution in [3.05, 3.63) is 110 Å². The summed E-state index contributed by atoms with van der Waals surface area (Å²) in [6, 6.07) is 17.7. The number of rotatable bonds is 7. The molecule has 2 heterocycles. The molecule has 6 rings (SSSR count). The Kier molecular flexibility index (Phi) is 8.81. The molecule has 232 valence electrons. The van der Waals surface area contributed by atoms with Gasteiger partial charge in [-0.3, -0.25) is 4.79 Å². The number of hydrogen-bond donors (Lipinski definition) is 5. The van der Waals surface area contributed by atoms with Crippen LogP contribution in [0, 0.1) is 0 Å². The molecule has 0 fully saturated rings. The molecule has 11 nitrogen and oxygen atoms in total. The zero-order chi connectivity index (χ0) is 33.3. The molecule has 6 N–H and O–H groups in total. The third-order valence-electron chi connectivity index (χ3n) is 7.24. The van der Waals surface area contributed by atoms with E-state index in [2.05, 4.69) is 21.9 Å². The van der Waals surface area contributed by atoms with Crippen LogP contribution in [0.3, 0.4) is 0 Å². The summed E-state index contributed by atoms with van der Waals surface area (Å²) in [6.07, 6.45) is 1.47. The van der Waals surface area contributed by atoms with Gasteiger partial charge in [0.2, 0.25) is 5.43 Å². The van der Waals surface area contributed by atoms with Crippen LogP contribution < -0.4 is 16.5 Å². The summed E-state index contributed by atoms with van der Waals surface area (Å²) in [6.45, 7) is 0.0501. The number of aromatic nitrogens is 1. The van der Waals surface area contributed by atoms with E-state index < -0.39 is 23.3 Å². The van der Waals surface area contributed by atoms with Crippen molar-refractivity contribution in [2.24, 2.45) is 0 Å². The number of para-hydroxylation sites is 1. The highest BCUT2D eigenvalue weighted by atomic mass is 35.5. The Balaban J connectivity index is 0.00000204. The number of pyridine rings is 1. The van der Waals surface area contributed by atoms with Crippen LogP contribution in [0.25, 0.3) is 44.3 Å². The Morgan fingerprint density at radius 3 is 2.35 bits per heavy atom. The normalized spacial score (nSPS) is 10.8. The summed E-state index contributed by atoms with van der Waals surface area (Å²) < 4.78 is 6.22. The van der Waals surface area contributed by atoms with E-state index >= 15 is 0 Å². The highest BCUT2D eigenvalue weighted by Gasteiger charge is 2.25. The largest absolute Gasteiger partial charge is 0.478 e. The Morgan fingerprint density at radius 2 is 1.65 bits per heavy atom. The van der Waals surface area contributed by atoms with Crippen LogP contribution in [-0.4, -0.2) is 44.6 Å². The molecule has 0 atom stereocenters. The molecule has 0 spiro atoms. The zero-order valence-electron chi connectivity index (χ0n) is 23.8. The maximum absolute atomic E-state index is 12.5. The summed E-state index contributed by atoms with van der Waals surface area (Å²) in [5.74, 6) is -3.67. The monoisotopic (exact) mass is 659 g/mol. The second-order valence-corrected chi connectivity index (χ2v) is 10.3. The molecule has 0 amide bonds. The number of carboxylic acid groups (broad SMARTS) is 3. The lowest BCUT2D eigenvalue weighted by Gasteiger charge is -2.20. The molecule has 0 radical (unpaired) electrons. The van der Waals surface area contributed by atoms with E-state index in [1.54, 1.807) is 36.4 Å². The van der Waals surface area contributed by atoms with Gasteiger partial charge in [0.05, 0.1) is 27.4 Å². The second-order valence-electron chi connectivity index (χ2n) is 9.87. The van der Waals surface area contributed by atoms with Crippen molar-refractivity contribution in [3.63, 3.8) is 0 Å². The Labute approximate surface area is 269 Å². The minimum atomic E-state index is -1.30. The molecule has 4 aromatic rings. The number of carboxylic acids is 3. The second kappa shape index (κ2) is 12.8. The third kappa shape index (κ3) is 5.76. The number of nitrogens with one attached hydrogen (secondary N) is 1. The molecular weight excluding hydrogens is 637 g/mol. The number of carbonyl (C=O) groups is 3. The molecule has 1 aliphatic carbocycles. The zero-order valence-corrected chi connectivity index (χ0v) is 25.3. The van der Waals surface area contributed by atoms with E-state index in [0.29, 0.717) is 33.2 Å². The average Bonchev–Trinajstić information content (AvgIpc) is 3.04. The molecule has 1 aromatic heterocycles. The van der Waals surface area contributed by atoms with Gasteiger partial charge in [-0.15, -0.1) is 11.6 Å². The van der Waals surface area contributed by atoms with Gasteiger partial charge in [-0.25, -0.2) is 19.4 Å². The molecule has 13 heteroatoms. The van der Waals surface area contributed by atoms with Gasteiger partial charge in [0.1, 0.15) is 17.0 Å². The van der Waals surface area contributed by atoms with Crippen LogP contribution in [0.2, 0.25) is 5.02 Å². The van der Waals surface area contributed by atoms with Crippen LogP contribution in [0.5, 0.6) is 0 Å². The third-order valence-corrected chi connectivity index (χ3v) is 7.54. The lowest BCUT2D eigenvalue weighted by atomic mass is 9.88. The summed E-state index contributed by atoms with van der Waals surface area (Å²) in [5, 5.41) is 33.3. The van der Waals surface area contributed by atoms with Crippen molar-refractivity contribution < 1.29 is 34.1 Å². The first-order valence-corrected chi connectivity index (χ1v) is 14.5. The van der Waals surface area contributed by atoms with Crippen molar-refractivity contribution in [2.75, 3.05) is 17.4 Å². The lowest BCUT2D eigenvalue weighted by molar-refractivity contribution is 0.0682. The molecule has 2 aliphatic rings. The average molecular weight is 660 g/mol. The van der Waals surface area contributed by atoms with Gasteiger partial charge in [0, 0.05) is 52.1 Å². The molecule has 0 saturated carbocycles. The van der Waals surface area contributed by atoms with Crippen molar-refractivity contribution in [1.29, 1.82) is 0 Å². The number of nitrogens with two attached hydrogens (primary N) is 1. The molecular formula is C33H23Cl2N3O8. The summed E-state index contributed by atoms with van der Waals surface area (Å²) >= 11 is 10.8. The highest BCUT2D eigenvalue weighted by molar-refractivity contribution is 6.31. The van der Waals surface area contributed by atoms with Gasteiger partial charge >= 0.3 is 17.9 Å². The van der Waals surface area contributed by atoms with E-state index in [0.717, 1.165) is 0 Å². The number of aromatic carboxylic acids is 3. The topological polar surface area (TPSA) is 193 Å². The van der Waals surface area contributed by atoms with Crippen molar-refractivity contribution in [3.8, 4) is 22.5 Å². The molecule has 0 bridgehead atoms. The van der Waals surface area contributed by atoms with E-state index in [1.807, 2.05) is 0 Å². The molecule has 3 aromatic carbocycles.